The molecular weight excluding hydrogens is 126 g/mol. The van der Waals surface area contributed by atoms with Crippen LogP contribution >= 0.6 is 0 Å². The third kappa shape index (κ3) is 0.635. The van der Waals surface area contributed by atoms with Crippen molar-refractivity contribution < 1.29 is 0 Å². The molecule has 0 amide bonds. The second-order valence-corrected chi connectivity index (χ2v) is 2.39. The molecule has 0 bridgehead atoms. The van der Waals surface area contributed by atoms with Gasteiger partial charge in [-0.05, 0) is 0 Å². The Kier molecular flexibility index (Phi) is 1.03. The smallest absolute Gasteiger partial charge is 0.123 e. The van der Waals surface area contributed by atoms with Crippen molar-refractivity contribution in [2.24, 2.45) is 0 Å². The summed E-state index contributed by atoms with van der Waals surface area (Å²) in [6, 6.07) is 0. The Morgan fingerprint density at radius 1 is 1.50 bits per heavy atom. The van der Waals surface area contributed by atoms with Gasteiger partial charge in [-0.1, -0.05) is 12.2 Å². The SMILES string of the molecule is Nc1cnc2n1CC=CC2. The highest BCUT2D eigenvalue weighted by atomic mass is 15.1. The molecule has 0 saturated carbocycles. The minimum Gasteiger partial charge on any atom is -0.384 e. The van der Waals surface area contributed by atoms with Crippen LogP contribution in [0.25, 0.3) is 0 Å². The molecule has 10 heavy (non-hydrogen) atoms. The maximum atomic E-state index is 5.63. The molecule has 0 aromatic carbocycles. The van der Waals surface area contributed by atoms with Crippen LogP contribution < -0.4 is 5.73 Å². The number of rotatable bonds is 0. The molecule has 52 valence electrons. The molecule has 1 aromatic heterocycles. The monoisotopic (exact) mass is 135 g/mol. The summed E-state index contributed by atoms with van der Waals surface area (Å²) < 4.78 is 2.01. The first-order chi connectivity index (χ1) is 4.88. The molecule has 3 nitrogen and oxygen atoms in total. The lowest BCUT2D eigenvalue weighted by molar-refractivity contribution is 0.745. The summed E-state index contributed by atoms with van der Waals surface area (Å²) in [4.78, 5) is 4.14. The first kappa shape index (κ1) is 5.53. The summed E-state index contributed by atoms with van der Waals surface area (Å²) in [5.41, 5.74) is 5.63. The van der Waals surface area contributed by atoms with Crippen LogP contribution in [0, 0.1) is 0 Å². The Hall–Kier alpha value is -1.25. The molecular formula is C7H9N3. The predicted molar refractivity (Wildman–Crippen MR) is 39.5 cm³/mol. The molecule has 0 unspecified atom stereocenters. The molecule has 3 heteroatoms. The van der Waals surface area contributed by atoms with E-state index in [1.807, 2.05) is 4.57 Å². The maximum absolute atomic E-state index is 5.63. The standard InChI is InChI=1S/C7H9N3/c8-6-5-9-7-3-1-2-4-10(6)7/h1-2,5H,3-4,8H2. The Labute approximate surface area is 59.2 Å². The van der Waals surface area contributed by atoms with E-state index in [0.717, 1.165) is 24.6 Å². The molecule has 1 aromatic rings. The first-order valence-corrected chi connectivity index (χ1v) is 3.33. The normalized spacial score (nSPS) is 15.2. The van der Waals surface area contributed by atoms with Gasteiger partial charge in [-0.2, -0.15) is 0 Å². The molecule has 0 aliphatic carbocycles. The van der Waals surface area contributed by atoms with Gasteiger partial charge in [0, 0.05) is 13.0 Å². The van der Waals surface area contributed by atoms with E-state index in [1.54, 1.807) is 6.20 Å². The number of anilines is 1. The molecule has 1 aliphatic heterocycles. The van der Waals surface area contributed by atoms with E-state index < -0.39 is 0 Å². The largest absolute Gasteiger partial charge is 0.384 e. The van der Waals surface area contributed by atoms with Crippen LogP contribution in [0.1, 0.15) is 5.82 Å². The van der Waals surface area contributed by atoms with E-state index in [0.29, 0.717) is 0 Å². The average molecular weight is 135 g/mol. The van der Waals surface area contributed by atoms with Crippen molar-refractivity contribution in [3.63, 3.8) is 0 Å². The lowest BCUT2D eigenvalue weighted by Gasteiger charge is -2.08. The highest BCUT2D eigenvalue weighted by Gasteiger charge is 2.06. The zero-order valence-corrected chi connectivity index (χ0v) is 5.62. The second kappa shape index (κ2) is 1.87. The predicted octanol–water partition coefficient (Wildman–Crippen LogP) is 0.578. The second-order valence-electron chi connectivity index (χ2n) is 2.39. The van der Waals surface area contributed by atoms with E-state index in [2.05, 4.69) is 17.1 Å². The number of aromatic nitrogens is 2. The average Bonchev–Trinajstić information content (AvgIpc) is 2.34. The Morgan fingerprint density at radius 3 is 3.20 bits per heavy atom. The van der Waals surface area contributed by atoms with Gasteiger partial charge >= 0.3 is 0 Å². The summed E-state index contributed by atoms with van der Waals surface area (Å²) >= 11 is 0. The third-order valence-electron chi connectivity index (χ3n) is 1.72. The first-order valence-electron chi connectivity index (χ1n) is 3.33. The maximum Gasteiger partial charge on any atom is 0.123 e. The van der Waals surface area contributed by atoms with Crippen molar-refractivity contribution in [2.75, 3.05) is 5.73 Å². The molecule has 0 radical (unpaired) electrons. The lowest BCUT2D eigenvalue weighted by Crippen LogP contribution is -2.08. The van der Waals surface area contributed by atoms with Crippen LogP contribution in [-0.2, 0) is 13.0 Å². The van der Waals surface area contributed by atoms with Gasteiger partial charge in [-0.25, -0.2) is 4.98 Å². The van der Waals surface area contributed by atoms with Gasteiger partial charge < -0.3 is 10.3 Å². The number of allylic oxidation sites excluding steroid dienone is 2. The molecule has 2 N–H and O–H groups in total. The molecule has 2 rings (SSSR count). The summed E-state index contributed by atoms with van der Waals surface area (Å²) in [5, 5.41) is 0. The fourth-order valence-electron chi connectivity index (χ4n) is 1.17. The third-order valence-corrected chi connectivity index (χ3v) is 1.72. The number of nitrogens with two attached hydrogens (primary N) is 1. The molecule has 0 fully saturated rings. The van der Waals surface area contributed by atoms with Gasteiger partial charge in [-0.3, -0.25) is 0 Å². The van der Waals surface area contributed by atoms with Crippen LogP contribution in [0.5, 0.6) is 0 Å². The van der Waals surface area contributed by atoms with E-state index >= 15 is 0 Å². The summed E-state index contributed by atoms with van der Waals surface area (Å²) in [5.74, 6) is 1.83. The van der Waals surface area contributed by atoms with Gasteiger partial charge in [0.05, 0.1) is 6.20 Å². The molecule has 0 saturated heterocycles. The van der Waals surface area contributed by atoms with E-state index in [-0.39, 0.29) is 0 Å². The summed E-state index contributed by atoms with van der Waals surface area (Å²) in [6.45, 7) is 0.876. The van der Waals surface area contributed by atoms with Crippen LogP contribution in [0.3, 0.4) is 0 Å². The lowest BCUT2D eigenvalue weighted by atomic mass is 10.3. The molecule has 1 aliphatic rings. The van der Waals surface area contributed by atoms with E-state index in [4.69, 9.17) is 5.73 Å². The molecule has 0 spiro atoms. The minimum atomic E-state index is 0.763. The van der Waals surface area contributed by atoms with Crippen LogP contribution in [-0.4, -0.2) is 9.55 Å². The Morgan fingerprint density at radius 2 is 2.40 bits per heavy atom. The van der Waals surface area contributed by atoms with Crippen LogP contribution in [0.15, 0.2) is 18.3 Å². The molecule has 0 atom stereocenters. The van der Waals surface area contributed by atoms with Crippen molar-refractivity contribution in [3.8, 4) is 0 Å². The highest BCUT2D eigenvalue weighted by molar-refractivity contribution is 5.30. The topological polar surface area (TPSA) is 43.8 Å². The number of fused-ring (bicyclic) bond motifs is 1. The zero-order valence-electron chi connectivity index (χ0n) is 5.62. The van der Waals surface area contributed by atoms with Gasteiger partial charge in [0.15, 0.2) is 0 Å². The van der Waals surface area contributed by atoms with Crippen LogP contribution in [0.2, 0.25) is 0 Å². The highest BCUT2D eigenvalue weighted by Crippen LogP contribution is 2.11. The van der Waals surface area contributed by atoms with Crippen molar-refractivity contribution in [1.29, 1.82) is 0 Å². The zero-order chi connectivity index (χ0) is 6.97. The number of imidazole rings is 1. The van der Waals surface area contributed by atoms with Gasteiger partial charge in [0.25, 0.3) is 0 Å². The van der Waals surface area contributed by atoms with Crippen molar-refractivity contribution in [2.45, 2.75) is 13.0 Å². The number of hydrogen-bond acceptors (Lipinski definition) is 2. The number of hydrogen-bond donors (Lipinski definition) is 1. The fourth-order valence-corrected chi connectivity index (χ4v) is 1.17. The molecule has 2 heterocycles. The van der Waals surface area contributed by atoms with Gasteiger partial charge in [0.2, 0.25) is 0 Å². The van der Waals surface area contributed by atoms with Crippen molar-refractivity contribution in [1.82, 2.24) is 9.55 Å². The number of nitrogen functional groups attached to an aromatic ring is 1. The van der Waals surface area contributed by atoms with Gasteiger partial charge in [-0.15, -0.1) is 0 Å². The Bertz CT molecular complexity index is 272. The van der Waals surface area contributed by atoms with Crippen LogP contribution in [0.4, 0.5) is 5.82 Å². The summed E-state index contributed by atoms with van der Waals surface area (Å²) in [6.07, 6.45) is 6.84. The minimum absolute atomic E-state index is 0.763. The summed E-state index contributed by atoms with van der Waals surface area (Å²) in [7, 11) is 0. The Balaban J connectivity index is 2.50. The fraction of sp³-hybridized carbons (Fsp3) is 0.286. The van der Waals surface area contributed by atoms with Crippen molar-refractivity contribution in [3.05, 3.63) is 24.2 Å². The van der Waals surface area contributed by atoms with E-state index in [1.165, 1.54) is 0 Å². The number of nitrogens with zero attached hydrogens (tertiary/aromatic N) is 2. The van der Waals surface area contributed by atoms with Crippen molar-refractivity contribution >= 4 is 5.82 Å². The van der Waals surface area contributed by atoms with Gasteiger partial charge in [0.1, 0.15) is 11.6 Å². The van der Waals surface area contributed by atoms with E-state index in [9.17, 15) is 0 Å². The quantitative estimate of drug-likeness (QED) is 0.529.